The number of hydrogen-bond donors (Lipinski definition) is 2. The fourth-order valence-corrected chi connectivity index (χ4v) is 3.94. The number of thioether (sulfide) groups is 1. The second-order valence-corrected chi connectivity index (χ2v) is 7.43. The molecule has 1 unspecified atom stereocenters. The lowest BCUT2D eigenvalue weighted by atomic mass is 10.1. The molecule has 1 heterocycles. The first kappa shape index (κ1) is 21.5. The Morgan fingerprint density at radius 1 is 1.50 bits per heavy atom. The molecule has 4 nitrogen and oxygen atoms in total. The maximum Gasteiger partial charge on any atom is 0.193 e. The molecule has 0 bridgehead atoms. The first-order valence-electron chi connectivity index (χ1n) is 8.00. The van der Waals surface area contributed by atoms with Gasteiger partial charge in [0.15, 0.2) is 5.96 Å². The van der Waals surface area contributed by atoms with Crippen molar-refractivity contribution in [3.63, 3.8) is 0 Å². The zero-order valence-corrected chi connectivity index (χ0v) is 17.6. The van der Waals surface area contributed by atoms with E-state index in [1.165, 1.54) is 6.07 Å². The van der Waals surface area contributed by atoms with Crippen LogP contribution in [0.4, 0.5) is 4.39 Å². The quantitative estimate of drug-likeness (QED) is 0.406. The molecular weight excluding hydrogens is 440 g/mol. The number of aliphatic hydroxyl groups excluding tert-OH is 1. The van der Waals surface area contributed by atoms with E-state index in [0.29, 0.717) is 23.3 Å². The summed E-state index contributed by atoms with van der Waals surface area (Å²) >= 11 is 2.03. The van der Waals surface area contributed by atoms with Gasteiger partial charge >= 0.3 is 0 Å². The minimum atomic E-state index is -0.367. The lowest BCUT2D eigenvalue weighted by Gasteiger charge is -2.36. The number of rotatable bonds is 4. The van der Waals surface area contributed by atoms with Crippen LogP contribution in [-0.2, 0) is 13.2 Å². The molecule has 0 aromatic heterocycles. The highest BCUT2D eigenvalue weighted by molar-refractivity contribution is 14.0. The third-order valence-electron chi connectivity index (χ3n) is 4.08. The molecule has 0 saturated carbocycles. The number of aliphatic imine (C=N–C) groups is 1. The van der Waals surface area contributed by atoms with Crippen LogP contribution in [0, 0.1) is 11.7 Å². The number of benzene rings is 1. The van der Waals surface area contributed by atoms with E-state index >= 15 is 0 Å². The van der Waals surface area contributed by atoms with E-state index in [-0.39, 0.29) is 36.4 Å². The molecule has 1 fully saturated rings. The molecule has 0 spiro atoms. The number of aliphatic hydroxyl groups is 1. The monoisotopic (exact) mass is 467 g/mol. The van der Waals surface area contributed by atoms with Crippen molar-refractivity contribution < 1.29 is 9.50 Å². The molecule has 1 aromatic rings. The summed E-state index contributed by atoms with van der Waals surface area (Å²) in [6.07, 6.45) is 0. The van der Waals surface area contributed by atoms with Gasteiger partial charge in [-0.25, -0.2) is 4.39 Å². The second-order valence-electron chi connectivity index (χ2n) is 6.08. The Labute approximate surface area is 165 Å². The van der Waals surface area contributed by atoms with Crippen molar-refractivity contribution in [1.82, 2.24) is 10.2 Å². The molecule has 136 valence electrons. The van der Waals surface area contributed by atoms with Crippen LogP contribution >= 0.6 is 35.7 Å². The molecule has 24 heavy (non-hydrogen) atoms. The van der Waals surface area contributed by atoms with Crippen LogP contribution < -0.4 is 5.32 Å². The average molecular weight is 467 g/mol. The van der Waals surface area contributed by atoms with Gasteiger partial charge in [-0.2, -0.15) is 11.8 Å². The first-order valence-corrected chi connectivity index (χ1v) is 9.05. The van der Waals surface area contributed by atoms with Crippen LogP contribution in [-0.4, -0.2) is 47.1 Å². The largest absolute Gasteiger partial charge is 0.392 e. The smallest absolute Gasteiger partial charge is 0.193 e. The Kier molecular flexibility index (Phi) is 9.36. The van der Waals surface area contributed by atoms with E-state index in [0.717, 1.165) is 30.4 Å². The van der Waals surface area contributed by atoms with Gasteiger partial charge in [0.05, 0.1) is 6.61 Å². The Balaban J connectivity index is 0.00000288. The van der Waals surface area contributed by atoms with Gasteiger partial charge < -0.3 is 15.3 Å². The molecule has 1 aliphatic heterocycles. The van der Waals surface area contributed by atoms with Crippen LogP contribution in [0.2, 0.25) is 0 Å². The minimum Gasteiger partial charge on any atom is -0.392 e. The number of hydrogen-bond acceptors (Lipinski definition) is 3. The van der Waals surface area contributed by atoms with Gasteiger partial charge in [-0.3, -0.25) is 4.99 Å². The molecule has 1 aromatic carbocycles. The standard InChI is InChI=1S/C17H26FN3OS.HI/c1-12(2)16-10-21(6-7-23-16)17(19-3)20-9-13-4-5-15(18)14(8-13)11-22;/h4-5,8,12,16,22H,6-7,9-11H2,1-3H3,(H,19,20);1H. The molecule has 0 radical (unpaired) electrons. The normalized spacial score (nSPS) is 18.5. The molecule has 7 heteroatoms. The van der Waals surface area contributed by atoms with Crippen molar-refractivity contribution in [1.29, 1.82) is 0 Å². The summed E-state index contributed by atoms with van der Waals surface area (Å²) in [7, 11) is 1.79. The molecule has 1 saturated heterocycles. The van der Waals surface area contributed by atoms with Crippen molar-refractivity contribution in [2.75, 3.05) is 25.9 Å². The number of halogens is 2. The van der Waals surface area contributed by atoms with Crippen LogP contribution in [0.5, 0.6) is 0 Å². The highest BCUT2D eigenvalue weighted by Gasteiger charge is 2.24. The topological polar surface area (TPSA) is 47.9 Å². The maximum absolute atomic E-state index is 13.4. The fourth-order valence-electron chi connectivity index (χ4n) is 2.64. The Bertz CT molecular complexity index is 557. The van der Waals surface area contributed by atoms with Gasteiger partial charge in [0.1, 0.15) is 5.82 Å². The van der Waals surface area contributed by atoms with Crippen LogP contribution in [0.15, 0.2) is 23.2 Å². The zero-order chi connectivity index (χ0) is 16.8. The first-order chi connectivity index (χ1) is 11.0. The third-order valence-corrected chi connectivity index (χ3v) is 5.62. The molecular formula is C17H27FIN3OS. The summed E-state index contributed by atoms with van der Waals surface area (Å²) in [5.74, 6) is 2.26. The van der Waals surface area contributed by atoms with E-state index in [4.69, 9.17) is 5.11 Å². The summed E-state index contributed by atoms with van der Waals surface area (Å²) in [5.41, 5.74) is 1.26. The van der Waals surface area contributed by atoms with Crippen molar-refractivity contribution in [2.45, 2.75) is 32.2 Å². The van der Waals surface area contributed by atoms with E-state index in [9.17, 15) is 4.39 Å². The highest BCUT2D eigenvalue weighted by atomic mass is 127. The summed E-state index contributed by atoms with van der Waals surface area (Å²) < 4.78 is 13.4. The lowest BCUT2D eigenvalue weighted by Crippen LogP contribution is -2.48. The van der Waals surface area contributed by atoms with Gasteiger partial charge in [-0.05, 0) is 23.6 Å². The molecule has 2 N–H and O–H groups in total. The molecule has 1 atom stereocenters. The minimum absolute atomic E-state index is 0. The molecule has 0 aliphatic carbocycles. The van der Waals surface area contributed by atoms with Crippen molar-refractivity contribution >= 4 is 41.7 Å². The third kappa shape index (κ3) is 5.77. The molecule has 0 amide bonds. The van der Waals surface area contributed by atoms with Gasteiger partial charge in [0, 0.05) is 43.2 Å². The zero-order valence-electron chi connectivity index (χ0n) is 14.5. The SMILES string of the molecule is CN=C(NCc1ccc(F)c(CO)c1)N1CCSC(C(C)C)C1.I. The predicted molar refractivity (Wildman–Crippen MR) is 111 cm³/mol. The van der Waals surface area contributed by atoms with Gasteiger partial charge in [0.25, 0.3) is 0 Å². The summed E-state index contributed by atoms with van der Waals surface area (Å²) in [4.78, 5) is 6.67. The Hall–Kier alpha value is -0.540. The van der Waals surface area contributed by atoms with Gasteiger partial charge in [-0.15, -0.1) is 24.0 Å². The predicted octanol–water partition coefficient (Wildman–Crippen LogP) is 3.08. The van der Waals surface area contributed by atoms with Crippen molar-refractivity contribution in [3.05, 3.63) is 35.1 Å². The van der Waals surface area contributed by atoms with Gasteiger partial charge in [0.2, 0.25) is 0 Å². The van der Waals surface area contributed by atoms with Crippen LogP contribution in [0.3, 0.4) is 0 Å². The number of nitrogens with one attached hydrogen (secondary N) is 1. The van der Waals surface area contributed by atoms with E-state index < -0.39 is 0 Å². The van der Waals surface area contributed by atoms with E-state index in [2.05, 4.69) is 29.1 Å². The van der Waals surface area contributed by atoms with E-state index in [1.807, 2.05) is 11.8 Å². The number of nitrogens with zero attached hydrogens (tertiary/aromatic N) is 2. The average Bonchev–Trinajstić information content (AvgIpc) is 2.57. The summed E-state index contributed by atoms with van der Waals surface area (Å²) in [6, 6.07) is 4.83. The molecule has 1 aliphatic rings. The second kappa shape index (κ2) is 10.5. The van der Waals surface area contributed by atoms with E-state index in [1.54, 1.807) is 19.2 Å². The Morgan fingerprint density at radius 3 is 2.88 bits per heavy atom. The van der Waals surface area contributed by atoms with Crippen LogP contribution in [0.1, 0.15) is 25.0 Å². The van der Waals surface area contributed by atoms with Gasteiger partial charge in [-0.1, -0.05) is 19.9 Å². The number of guanidine groups is 1. The fraction of sp³-hybridized carbons (Fsp3) is 0.588. The lowest BCUT2D eigenvalue weighted by molar-refractivity contribution is 0.275. The summed E-state index contributed by atoms with van der Waals surface area (Å²) in [5, 5.41) is 13.1. The highest BCUT2D eigenvalue weighted by Crippen LogP contribution is 2.24. The van der Waals surface area contributed by atoms with Crippen LogP contribution in [0.25, 0.3) is 0 Å². The Morgan fingerprint density at radius 2 is 2.25 bits per heavy atom. The molecule has 2 rings (SSSR count). The van der Waals surface area contributed by atoms with Crippen molar-refractivity contribution in [2.24, 2.45) is 10.9 Å². The van der Waals surface area contributed by atoms with Crippen molar-refractivity contribution in [3.8, 4) is 0 Å². The summed E-state index contributed by atoms with van der Waals surface area (Å²) in [6.45, 7) is 6.77. The maximum atomic E-state index is 13.4.